The van der Waals surface area contributed by atoms with E-state index >= 15 is 0 Å². The number of fused-ring (bicyclic) bond motifs is 2. The highest BCUT2D eigenvalue weighted by atomic mass is 16.6. The molecule has 222 valence electrons. The van der Waals surface area contributed by atoms with Crippen LogP contribution in [0.4, 0.5) is 4.79 Å². The lowest BCUT2D eigenvalue weighted by atomic mass is 9.51. The molecule has 0 aliphatic heterocycles. The average molecular weight is 569 g/mol. The Balaban J connectivity index is 1.04. The largest absolute Gasteiger partial charge is 0.445 e. The van der Waals surface area contributed by atoms with Crippen molar-refractivity contribution in [3.05, 3.63) is 35.9 Å². The van der Waals surface area contributed by atoms with Gasteiger partial charge in [-0.25, -0.2) is 4.79 Å². The quantitative estimate of drug-likeness (QED) is 0.299. The molecule has 5 fully saturated rings. The molecule has 41 heavy (non-hydrogen) atoms. The van der Waals surface area contributed by atoms with Crippen molar-refractivity contribution in [1.29, 1.82) is 0 Å². The molecule has 6 rings (SSSR count). The fourth-order valence-electron chi connectivity index (χ4n) is 9.89. The zero-order valence-corrected chi connectivity index (χ0v) is 23.7. The Kier molecular flexibility index (Phi) is 6.61. The molecule has 2 bridgehead atoms. The first kappa shape index (κ1) is 28.0. The molecule has 5 N–H and O–H groups in total. The summed E-state index contributed by atoms with van der Waals surface area (Å²) >= 11 is 0. The van der Waals surface area contributed by atoms with E-state index in [1.54, 1.807) is 13.8 Å². The van der Waals surface area contributed by atoms with Gasteiger partial charge in [-0.05, 0) is 73.2 Å². The second-order valence-electron chi connectivity index (χ2n) is 13.2. The van der Waals surface area contributed by atoms with Crippen LogP contribution < -0.4 is 11.1 Å². The molecule has 10 atom stereocenters. The smallest absolute Gasteiger partial charge is 0.410 e. The van der Waals surface area contributed by atoms with Gasteiger partial charge >= 0.3 is 6.09 Å². The van der Waals surface area contributed by atoms with Crippen LogP contribution in [0.25, 0.3) is 0 Å². The van der Waals surface area contributed by atoms with Gasteiger partial charge in [0.15, 0.2) is 0 Å². The summed E-state index contributed by atoms with van der Waals surface area (Å²) in [7, 11) is 1.47. The van der Waals surface area contributed by atoms with Gasteiger partial charge in [0.1, 0.15) is 13.2 Å². The van der Waals surface area contributed by atoms with Crippen molar-refractivity contribution in [2.24, 2.45) is 53.1 Å². The lowest BCUT2D eigenvalue weighted by molar-refractivity contribution is -0.215. The zero-order chi connectivity index (χ0) is 29.4. The third kappa shape index (κ3) is 4.06. The van der Waals surface area contributed by atoms with Crippen molar-refractivity contribution in [3.63, 3.8) is 0 Å². The number of primary amides is 1. The number of ether oxygens (including phenoxy) is 1. The normalized spacial score (nSPS) is 38.2. The van der Waals surface area contributed by atoms with Crippen LogP contribution in [-0.4, -0.2) is 87.8 Å². The Hall–Kier alpha value is -3.18. The number of likely N-dealkylation sites (N-methyl/N-ethyl adjacent to an activating group) is 1. The summed E-state index contributed by atoms with van der Waals surface area (Å²) in [5.41, 5.74) is 4.02. The number of nitrogens with two attached hydrogens (primary N) is 1. The van der Waals surface area contributed by atoms with Gasteiger partial charge in [-0.15, -0.1) is 0 Å². The standard InChI is InChI=1S/C30H40N4O7/c1-15(2)34(21(37)12-33(3)28(38)41-13-16-7-5-4-6-8-16)11-20(36)32-14-30(40)25-18-9-17-22-23(18)27(30)26(22)29(39,24(17)25)10-19(31)35/h4-8,15,17-18,22-27,39-40H,9-14H2,1-3H3,(H2,31,35)(H,32,36)/t17-,18+,22+,23-,24-,25+,26+,27-,29+,30-/m1/s1. The molecule has 0 aromatic heterocycles. The number of rotatable bonds is 11. The van der Waals surface area contributed by atoms with E-state index in [1.807, 2.05) is 30.3 Å². The topological polar surface area (TPSA) is 162 Å². The second-order valence-corrected chi connectivity index (χ2v) is 13.2. The summed E-state index contributed by atoms with van der Waals surface area (Å²) in [4.78, 5) is 53.0. The number of carbonyl (C=O) groups is 4. The molecule has 5 aliphatic carbocycles. The van der Waals surface area contributed by atoms with Gasteiger partial charge in [0.2, 0.25) is 17.7 Å². The number of nitrogens with zero attached hydrogens (tertiary/aromatic N) is 2. The predicted octanol–water partition coefficient (Wildman–Crippen LogP) is 0.334. The number of amides is 4. The molecule has 0 spiro atoms. The third-order valence-electron chi connectivity index (χ3n) is 11.0. The summed E-state index contributed by atoms with van der Waals surface area (Å²) in [6.07, 6.45) is 0.229. The molecule has 5 saturated carbocycles. The highest BCUT2D eigenvalue weighted by Gasteiger charge is 2.90. The molecule has 11 nitrogen and oxygen atoms in total. The maximum absolute atomic E-state index is 13.1. The molecule has 4 amide bonds. The summed E-state index contributed by atoms with van der Waals surface area (Å²) in [6.45, 7) is 3.25. The van der Waals surface area contributed by atoms with Crippen LogP contribution in [0.5, 0.6) is 0 Å². The van der Waals surface area contributed by atoms with Crippen molar-refractivity contribution >= 4 is 23.8 Å². The number of benzene rings is 1. The van der Waals surface area contributed by atoms with Crippen LogP contribution in [0.3, 0.4) is 0 Å². The Morgan fingerprint density at radius 3 is 2.22 bits per heavy atom. The highest BCUT2D eigenvalue weighted by molar-refractivity contribution is 5.87. The Labute approximate surface area is 239 Å². The Bertz CT molecular complexity index is 1260. The van der Waals surface area contributed by atoms with Crippen LogP contribution in [0.2, 0.25) is 0 Å². The Morgan fingerprint density at radius 2 is 1.61 bits per heavy atom. The SMILES string of the molecule is CC(C)N(CC(=O)NC[C@]1(O)[C@@H]2[C@@H]3[C@@H]4C[C@@H]5[C@@H]3[C@@H]2[C@](O)(CC(N)=O)[C@H]5[C@H]41)C(=O)CN(C)C(=O)OCc1ccccc1. The van der Waals surface area contributed by atoms with E-state index in [0.29, 0.717) is 23.7 Å². The molecular formula is C30H40N4O7. The molecule has 5 aliphatic rings. The van der Waals surface area contributed by atoms with Gasteiger partial charge < -0.3 is 35.8 Å². The zero-order valence-electron chi connectivity index (χ0n) is 23.7. The summed E-state index contributed by atoms with van der Waals surface area (Å²) in [5, 5.41) is 26.4. The van der Waals surface area contributed by atoms with E-state index in [1.165, 1.54) is 16.8 Å². The minimum Gasteiger partial charge on any atom is -0.445 e. The number of hydrogen-bond donors (Lipinski definition) is 4. The highest BCUT2D eigenvalue weighted by Crippen LogP contribution is 2.87. The third-order valence-corrected chi connectivity index (χ3v) is 11.0. The van der Waals surface area contributed by atoms with E-state index in [0.717, 1.165) is 12.0 Å². The fraction of sp³-hybridized carbons (Fsp3) is 0.667. The fourth-order valence-corrected chi connectivity index (χ4v) is 9.89. The molecule has 0 saturated heterocycles. The van der Waals surface area contributed by atoms with Crippen LogP contribution in [0, 0.1) is 47.3 Å². The maximum Gasteiger partial charge on any atom is 0.410 e. The molecule has 11 heteroatoms. The predicted molar refractivity (Wildman–Crippen MR) is 145 cm³/mol. The van der Waals surface area contributed by atoms with Gasteiger partial charge in [-0.3, -0.25) is 14.4 Å². The molecule has 1 aromatic rings. The number of nitrogens with one attached hydrogen (secondary N) is 1. The number of aliphatic hydroxyl groups is 2. The molecule has 1 aromatic carbocycles. The first-order valence-corrected chi connectivity index (χ1v) is 14.6. The monoisotopic (exact) mass is 568 g/mol. The summed E-state index contributed by atoms with van der Waals surface area (Å²) < 4.78 is 5.29. The van der Waals surface area contributed by atoms with Crippen LogP contribution >= 0.6 is 0 Å². The molecule has 0 unspecified atom stereocenters. The summed E-state index contributed by atoms with van der Waals surface area (Å²) in [6, 6.07) is 8.93. The number of hydrogen-bond acceptors (Lipinski definition) is 7. The average Bonchev–Trinajstić information content (AvgIpc) is 3.43. The Morgan fingerprint density at radius 1 is 1.00 bits per heavy atom. The maximum atomic E-state index is 13.1. The minimum atomic E-state index is -1.16. The van der Waals surface area contributed by atoms with Crippen LogP contribution in [-0.2, 0) is 25.7 Å². The van der Waals surface area contributed by atoms with E-state index < -0.39 is 35.0 Å². The van der Waals surface area contributed by atoms with Crippen LogP contribution in [0.1, 0.15) is 32.3 Å². The van der Waals surface area contributed by atoms with E-state index in [9.17, 15) is 29.4 Å². The van der Waals surface area contributed by atoms with Gasteiger partial charge in [0.05, 0.1) is 24.2 Å². The lowest BCUT2D eigenvalue weighted by Crippen LogP contribution is -2.67. The van der Waals surface area contributed by atoms with Crippen molar-refractivity contribution in [2.45, 2.75) is 50.5 Å². The second kappa shape index (κ2) is 9.69. The first-order valence-electron chi connectivity index (χ1n) is 14.6. The van der Waals surface area contributed by atoms with E-state index in [-0.39, 0.29) is 62.4 Å². The van der Waals surface area contributed by atoms with Crippen molar-refractivity contribution in [1.82, 2.24) is 15.1 Å². The summed E-state index contributed by atoms with van der Waals surface area (Å²) in [5.74, 6) is -0.788. The van der Waals surface area contributed by atoms with Gasteiger partial charge in [0.25, 0.3) is 0 Å². The van der Waals surface area contributed by atoms with Crippen molar-refractivity contribution in [2.75, 3.05) is 26.7 Å². The lowest BCUT2D eigenvalue weighted by Gasteiger charge is -2.57. The van der Waals surface area contributed by atoms with Crippen molar-refractivity contribution in [3.8, 4) is 0 Å². The van der Waals surface area contributed by atoms with Gasteiger partial charge in [-0.2, -0.15) is 0 Å². The first-order chi connectivity index (χ1) is 19.4. The van der Waals surface area contributed by atoms with Crippen molar-refractivity contribution < 1.29 is 34.1 Å². The van der Waals surface area contributed by atoms with E-state index in [4.69, 9.17) is 10.5 Å². The van der Waals surface area contributed by atoms with Gasteiger partial charge in [0, 0.05) is 19.6 Å². The number of carbonyl (C=O) groups excluding carboxylic acids is 4. The van der Waals surface area contributed by atoms with Gasteiger partial charge in [-0.1, -0.05) is 30.3 Å². The van der Waals surface area contributed by atoms with E-state index in [2.05, 4.69) is 5.32 Å². The molecule has 0 heterocycles. The molecular weight excluding hydrogens is 528 g/mol. The minimum absolute atomic E-state index is 0.0408. The van der Waals surface area contributed by atoms with Crippen LogP contribution in [0.15, 0.2) is 30.3 Å². The molecule has 0 radical (unpaired) electrons.